The molecule has 1 aromatic carbocycles. The number of ether oxygens (including phenoxy) is 1. The number of hydrogen-bond donors (Lipinski definition) is 0. The summed E-state index contributed by atoms with van der Waals surface area (Å²) in [6.07, 6.45) is -3.15. The minimum absolute atomic E-state index is 0.0517. The van der Waals surface area contributed by atoms with Gasteiger partial charge in [0.05, 0.1) is 28.7 Å². The van der Waals surface area contributed by atoms with E-state index in [1.54, 1.807) is 0 Å². The average molecular weight is 379 g/mol. The molecule has 11 heteroatoms. The monoisotopic (exact) mass is 379 g/mol. The van der Waals surface area contributed by atoms with Crippen molar-refractivity contribution < 1.29 is 26.3 Å². The molecule has 0 saturated carbocycles. The molecular weight excluding hydrogens is 367 g/mol. The Balaban J connectivity index is 1.77. The van der Waals surface area contributed by atoms with Gasteiger partial charge >= 0.3 is 6.18 Å². The van der Waals surface area contributed by atoms with Crippen LogP contribution in [0.1, 0.15) is 12.0 Å². The zero-order valence-electron chi connectivity index (χ0n) is 12.1. The average Bonchev–Trinajstić information content (AvgIpc) is 3.19. The van der Waals surface area contributed by atoms with Crippen LogP contribution in [0.25, 0.3) is 0 Å². The van der Waals surface area contributed by atoms with Crippen molar-refractivity contribution in [1.82, 2.24) is 13.1 Å². The first kappa shape index (κ1) is 17.1. The van der Waals surface area contributed by atoms with E-state index in [0.717, 1.165) is 34.2 Å². The van der Waals surface area contributed by atoms with E-state index < -0.39 is 27.9 Å². The summed E-state index contributed by atoms with van der Waals surface area (Å²) in [4.78, 5) is -0.381. The van der Waals surface area contributed by atoms with E-state index in [9.17, 15) is 21.6 Å². The van der Waals surface area contributed by atoms with E-state index in [4.69, 9.17) is 4.74 Å². The second-order valence-electron chi connectivity index (χ2n) is 5.16. The van der Waals surface area contributed by atoms with Crippen molar-refractivity contribution in [2.24, 2.45) is 0 Å². The molecule has 1 saturated heterocycles. The number of benzene rings is 1. The molecule has 1 aliphatic heterocycles. The van der Waals surface area contributed by atoms with Gasteiger partial charge < -0.3 is 4.74 Å². The lowest BCUT2D eigenvalue weighted by Crippen LogP contribution is -2.31. The van der Waals surface area contributed by atoms with E-state index in [2.05, 4.69) is 8.75 Å². The van der Waals surface area contributed by atoms with Crippen LogP contribution in [0, 0.1) is 0 Å². The number of sulfonamides is 1. The smallest absolute Gasteiger partial charge is 0.416 e. The largest absolute Gasteiger partial charge is 0.471 e. The molecule has 0 N–H and O–H groups in total. The summed E-state index contributed by atoms with van der Waals surface area (Å²) in [5.74, 6) is 0.309. The number of aromatic nitrogens is 2. The topological polar surface area (TPSA) is 72.4 Å². The Labute approximate surface area is 140 Å². The molecule has 1 unspecified atom stereocenters. The first-order valence-electron chi connectivity index (χ1n) is 6.88. The van der Waals surface area contributed by atoms with Crippen molar-refractivity contribution >= 4 is 21.8 Å². The molecule has 0 bridgehead atoms. The van der Waals surface area contributed by atoms with Gasteiger partial charge in [-0.15, -0.1) is 4.37 Å². The van der Waals surface area contributed by atoms with E-state index in [-0.39, 0.29) is 18.0 Å². The summed E-state index contributed by atoms with van der Waals surface area (Å²) in [6.45, 7) is 0.219. The lowest BCUT2D eigenvalue weighted by Gasteiger charge is -2.17. The van der Waals surface area contributed by atoms with Gasteiger partial charge in [-0.05, 0) is 24.6 Å². The number of hydrogen-bond acceptors (Lipinski definition) is 6. The van der Waals surface area contributed by atoms with Crippen LogP contribution in [0.4, 0.5) is 13.2 Å². The summed E-state index contributed by atoms with van der Waals surface area (Å²) < 4.78 is 77.7. The predicted octanol–water partition coefficient (Wildman–Crippen LogP) is 2.40. The van der Waals surface area contributed by atoms with Crippen LogP contribution in [-0.2, 0) is 16.2 Å². The van der Waals surface area contributed by atoms with Crippen molar-refractivity contribution in [2.45, 2.75) is 23.6 Å². The van der Waals surface area contributed by atoms with Gasteiger partial charge in [0.1, 0.15) is 12.3 Å². The Morgan fingerprint density at radius 1 is 1.33 bits per heavy atom. The van der Waals surface area contributed by atoms with Gasteiger partial charge in [0.25, 0.3) is 0 Å². The van der Waals surface area contributed by atoms with Crippen LogP contribution in [0.3, 0.4) is 0 Å². The van der Waals surface area contributed by atoms with E-state index >= 15 is 0 Å². The number of nitrogens with zero attached hydrogens (tertiary/aromatic N) is 3. The second-order valence-corrected chi connectivity index (χ2v) is 7.66. The summed E-state index contributed by atoms with van der Waals surface area (Å²) >= 11 is 0.967. The Kier molecular flexibility index (Phi) is 4.49. The van der Waals surface area contributed by atoms with E-state index in [1.165, 1.54) is 6.20 Å². The summed E-state index contributed by atoms with van der Waals surface area (Å²) in [6, 6.07) is 3.72. The third kappa shape index (κ3) is 3.52. The van der Waals surface area contributed by atoms with Crippen molar-refractivity contribution in [1.29, 1.82) is 0 Å². The molecule has 6 nitrogen and oxygen atoms in total. The maximum atomic E-state index is 12.8. The highest BCUT2D eigenvalue weighted by Crippen LogP contribution is 2.32. The second kappa shape index (κ2) is 6.30. The van der Waals surface area contributed by atoms with Crippen LogP contribution in [0.5, 0.6) is 5.88 Å². The zero-order chi connectivity index (χ0) is 17.4. The minimum Gasteiger partial charge on any atom is -0.471 e. The SMILES string of the molecule is O=S(=O)(c1cccc(C(F)(F)F)c1)N1CCC(Oc2cnsn2)C1. The van der Waals surface area contributed by atoms with Crippen molar-refractivity contribution in [3.63, 3.8) is 0 Å². The number of rotatable bonds is 4. The fraction of sp³-hybridized carbons (Fsp3) is 0.385. The van der Waals surface area contributed by atoms with Crippen LogP contribution < -0.4 is 4.74 Å². The molecule has 2 heterocycles. The molecule has 130 valence electrons. The van der Waals surface area contributed by atoms with Crippen molar-refractivity contribution in [2.75, 3.05) is 13.1 Å². The highest BCUT2D eigenvalue weighted by molar-refractivity contribution is 7.89. The Hall–Kier alpha value is -1.72. The molecule has 0 spiro atoms. The summed E-state index contributed by atoms with van der Waals surface area (Å²) in [5.41, 5.74) is -0.996. The van der Waals surface area contributed by atoms with Gasteiger partial charge in [-0.2, -0.15) is 21.9 Å². The highest BCUT2D eigenvalue weighted by Gasteiger charge is 2.36. The third-order valence-corrected chi connectivity index (χ3v) is 5.86. The molecule has 0 radical (unpaired) electrons. The van der Waals surface area contributed by atoms with E-state index in [0.29, 0.717) is 18.4 Å². The standard InChI is InChI=1S/C13H12F3N3O3S2/c14-13(15,16)9-2-1-3-11(6-9)24(20,21)19-5-4-10(8-19)22-12-7-17-23-18-12/h1-3,6-7,10H,4-5,8H2. The molecule has 3 rings (SSSR count). The molecule has 0 amide bonds. The number of alkyl halides is 3. The molecular formula is C13H12F3N3O3S2. The number of halogens is 3. The van der Waals surface area contributed by atoms with Gasteiger partial charge in [-0.3, -0.25) is 0 Å². The molecule has 0 aliphatic carbocycles. The lowest BCUT2D eigenvalue weighted by atomic mass is 10.2. The minimum atomic E-state index is -4.60. The quantitative estimate of drug-likeness (QED) is 0.816. The Bertz CT molecular complexity index is 809. The van der Waals surface area contributed by atoms with Crippen molar-refractivity contribution in [3.05, 3.63) is 36.0 Å². The fourth-order valence-electron chi connectivity index (χ4n) is 2.37. The maximum absolute atomic E-state index is 12.8. The van der Waals surface area contributed by atoms with Crippen LogP contribution in [-0.4, -0.2) is 40.7 Å². The van der Waals surface area contributed by atoms with Gasteiger partial charge in [-0.1, -0.05) is 6.07 Å². The normalized spacial score (nSPS) is 19.5. The first-order valence-corrected chi connectivity index (χ1v) is 9.05. The molecule has 24 heavy (non-hydrogen) atoms. The Morgan fingerprint density at radius 3 is 2.79 bits per heavy atom. The van der Waals surface area contributed by atoms with Gasteiger partial charge in [-0.25, -0.2) is 8.42 Å². The van der Waals surface area contributed by atoms with Gasteiger partial charge in [0, 0.05) is 6.54 Å². The maximum Gasteiger partial charge on any atom is 0.416 e. The first-order chi connectivity index (χ1) is 11.3. The highest BCUT2D eigenvalue weighted by atomic mass is 32.2. The predicted molar refractivity (Wildman–Crippen MR) is 79.1 cm³/mol. The third-order valence-electron chi connectivity index (χ3n) is 3.54. The zero-order valence-corrected chi connectivity index (χ0v) is 13.7. The van der Waals surface area contributed by atoms with Gasteiger partial charge in [0.15, 0.2) is 0 Å². The molecule has 1 aromatic heterocycles. The lowest BCUT2D eigenvalue weighted by molar-refractivity contribution is -0.137. The molecule has 1 fully saturated rings. The molecule has 1 aliphatic rings. The summed E-state index contributed by atoms with van der Waals surface area (Å²) in [7, 11) is -4.01. The molecule has 2 aromatic rings. The Morgan fingerprint density at radius 2 is 2.12 bits per heavy atom. The van der Waals surface area contributed by atoms with Crippen molar-refractivity contribution in [3.8, 4) is 5.88 Å². The van der Waals surface area contributed by atoms with Gasteiger partial charge in [0.2, 0.25) is 15.9 Å². The summed E-state index contributed by atoms with van der Waals surface area (Å²) in [5, 5.41) is 0. The fourth-order valence-corrected chi connectivity index (χ4v) is 4.26. The van der Waals surface area contributed by atoms with E-state index in [1.807, 2.05) is 0 Å². The van der Waals surface area contributed by atoms with Crippen LogP contribution in [0.2, 0.25) is 0 Å². The van der Waals surface area contributed by atoms with Crippen LogP contribution >= 0.6 is 11.7 Å². The molecule has 1 atom stereocenters. The van der Waals surface area contributed by atoms with Crippen LogP contribution in [0.15, 0.2) is 35.4 Å².